The summed E-state index contributed by atoms with van der Waals surface area (Å²) < 4.78 is 12.8. The van der Waals surface area contributed by atoms with Crippen LogP contribution < -0.4 is 0 Å². The maximum absolute atomic E-state index is 12.8. The van der Waals surface area contributed by atoms with Gasteiger partial charge in [0.2, 0.25) is 0 Å². The van der Waals surface area contributed by atoms with E-state index < -0.39 is 0 Å². The first-order valence-electron chi connectivity index (χ1n) is 4.03. The molecule has 0 spiro atoms. The second-order valence-electron chi connectivity index (χ2n) is 2.60. The highest BCUT2D eigenvalue weighted by molar-refractivity contribution is 7.80. The second kappa shape index (κ2) is 5.32. The van der Waals surface area contributed by atoms with Gasteiger partial charge in [0.15, 0.2) is 0 Å². The van der Waals surface area contributed by atoms with Gasteiger partial charge in [0.25, 0.3) is 0 Å². The third-order valence-corrected chi connectivity index (χ3v) is 1.80. The van der Waals surface area contributed by atoms with E-state index in [1.165, 1.54) is 12.1 Å². The summed E-state index contributed by atoms with van der Waals surface area (Å²) in [6.45, 7) is 0. The topological polar surface area (TPSA) is 23.8 Å². The zero-order valence-corrected chi connectivity index (χ0v) is 8.31. The number of benzene rings is 1. The van der Waals surface area contributed by atoms with E-state index in [0.29, 0.717) is 11.3 Å². The minimum Gasteiger partial charge on any atom is -0.207 e. The van der Waals surface area contributed by atoms with Crippen molar-refractivity contribution in [2.75, 3.05) is 5.75 Å². The molecule has 0 aliphatic rings. The molecule has 0 saturated heterocycles. The van der Waals surface area contributed by atoms with E-state index in [0.717, 1.165) is 5.56 Å². The van der Waals surface area contributed by atoms with Crippen LogP contribution in [0.2, 0.25) is 0 Å². The smallest absolute Gasteiger partial charge is 0.124 e. The number of nitriles is 1. The van der Waals surface area contributed by atoms with E-state index in [-0.39, 0.29) is 12.2 Å². The van der Waals surface area contributed by atoms with Crippen molar-refractivity contribution in [1.29, 1.82) is 5.26 Å². The quantitative estimate of drug-likeness (QED) is 0.551. The van der Waals surface area contributed by atoms with Crippen molar-refractivity contribution in [3.63, 3.8) is 0 Å². The van der Waals surface area contributed by atoms with Crippen LogP contribution >= 0.6 is 12.6 Å². The number of thiol groups is 1. The number of halogens is 1. The Labute approximate surface area is 88.0 Å². The average Bonchev–Trinajstić information content (AvgIpc) is 2.18. The van der Waals surface area contributed by atoms with Crippen LogP contribution in [0.25, 0.3) is 0 Å². The van der Waals surface area contributed by atoms with Crippen LogP contribution in [-0.4, -0.2) is 5.75 Å². The van der Waals surface area contributed by atoms with E-state index in [9.17, 15) is 4.39 Å². The first kappa shape index (κ1) is 10.6. The Morgan fingerprint density at radius 3 is 2.86 bits per heavy atom. The maximum atomic E-state index is 12.8. The van der Waals surface area contributed by atoms with E-state index in [4.69, 9.17) is 5.26 Å². The fourth-order valence-corrected chi connectivity index (χ4v) is 1.12. The Hall–Kier alpha value is -1.45. The zero-order valence-electron chi connectivity index (χ0n) is 7.42. The lowest BCUT2D eigenvalue weighted by atomic mass is 10.1. The average molecular weight is 205 g/mol. The Morgan fingerprint density at radius 2 is 2.21 bits per heavy atom. The Morgan fingerprint density at radius 1 is 1.43 bits per heavy atom. The molecule has 0 bridgehead atoms. The fourth-order valence-electron chi connectivity index (χ4n) is 1.04. The molecule has 1 rings (SSSR count). The molecular formula is C11H8FNS. The molecule has 0 unspecified atom stereocenters. The van der Waals surface area contributed by atoms with Crippen molar-refractivity contribution in [1.82, 2.24) is 0 Å². The molecule has 1 nitrogen and oxygen atoms in total. The van der Waals surface area contributed by atoms with Crippen LogP contribution in [0.4, 0.5) is 4.39 Å². The van der Waals surface area contributed by atoms with Gasteiger partial charge in [-0.05, 0) is 17.7 Å². The first-order chi connectivity index (χ1) is 6.77. The largest absolute Gasteiger partial charge is 0.207 e. The SMILES string of the molecule is N#CCc1ccc(F)cc1C#CCS. The summed E-state index contributed by atoms with van der Waals surface area (Å²) in [5.74, 6) is 5.58. The summed E-state index contributed by atoms with van der Waals surface area (Å²) in [6.07, 6.45) is 0.247. The van der Waals surface area contributed by atoms with Crippen LogP contribution in [0, 0.1) is 29.0 Å². The summed E-state index contributed by atoms with van der Waals surface area (Å²) in [7, 11) is 0. The van der Waals surface area contributed by atoms with Gasteiger partial charge in [0, 0.05) is 5.56 Å². The molecule has 14 heavy (non-hydrogen) atoms. The van der Waals surface area contributed by atoms with Gasteiger partial charge >= 0.3 is 0 Å². The predicted molar refractivity (Wildman–Crippen MR) is 56.4 cm³/mol. The summed E-state index contributed by atoms with van der Waals surface area (Å²) in [6, 6.07) is 6.26. The summed E-state index contributed by atoms with van der Waals surface area (Å²) in [5.41, 5.74) is 1.32. The van der Waals surface area contributed by atoms with Gasteiger partial charge in [-0.1, -0.05) is 17.9 Å². The number of hydrogen-bond acceptors (Lipinski definition) is 2. The van der Waals surface area contributed by atoms with Gasteiger partial charge in [-0.3, -0.25) is 0 Å². The van der Waals surface area contributed by atoms with E-state index in [1.807, 2.05) is 6.07 Å². The molecule has 0 radical (unpaired) electrons. The minimum atomic E-state index is -0.338. The Balaban J connectivity index is 3.10. The number of hydrogen-bond donors (Lipinski definition) is 1. The van der Waals surface area contributed by atoms with Gasteiger partial charge in [-0.25, -0.2) is 4.39 Å². The minimum absolute atomic E-state index is 0.247. The van der Waals surface area contributed by atoms with Crippen LogP contribution in [0.3, 0.4) is 0 Å². The molecule has 0 aliphatic carbocycles. The highest BCUT2D eigenvalue weighted by Crippen LogP contribution is 2.10. The molecule has 0 N–H and O–H groups in total. The third kappa shape index (κ3) is 2.80. The van der Waals surface area contributed by atoms with Crippen LogP contribution in [-0.2, 0) is 6.42 Å². The Kier molecular flexibility index (Phi) is 4.04. The lowest BCUT2D eigenvalue weighted by molar-refractivity contribution is 0.627. The fraction of sp³-hybridized carbons (Fsp3) is 0.182. The highest BCUT2D eigenvalue weighted by atomic mass is 32.1. The zero-order chi connectivity index (χ0) is 10.4. The molecule has 1 aromatic carbocycles. The molecular weight excluding hydrogens is 197 g/mol. The lowest BCUT2D eigenvalue weighted by Crippen LogP contribution is -1.89. The van der Waals surface area contributed by atoms with Gasteiger partial charge in [0.1, 0.15) is 5.82 Å². The van der Waals surface area contributed by atoms with Crippen molar-refractivity contribution >= 4 is 12.6 Å². The molecule has 0 aromatic heterocycles. The monoisotopic (exact) mass is 205 g/mol. The number of nitrogens with zero attached hydrogens (tertiary/aromatic N) is 1. The highest BCUT2D eigenvalue weighted by Gasteiger charge is 2.00. The van der Waals surface area contributed by atoms with Crippen LogP contribution in [0.1, 0.15) is 11.1 Å². The van der Waals surface area contributed by atoms with Crippen molar-refractivity contribution in [3.05, 3.63) is 35.1 Å². The molecule has 0 amide bonds. The second-order valence-corrected chi connectivity index (χ2v) is 2.91. The molecule has 3 heteroatoms. The standard InChI is InChI=1S/C11H8FNS/c12-11-4-3-9(5-6-13)10(8-11)2-1-7-14/h3-4,8,14H,5,7H2. The number of rotatable bonds is 1. The molecule has 0 aliphatic heterocycles. The van der Waals surface area contributed by atoms with Gasteiger partial charge < -0.3 is 0 Å². The van der Waals surface area contributed by atoms with Crippen LogP contribution in [0.5, 0.6) is 0 Å². The maximum Gasteiger partial charge on any atom is 0.124 e. The Bertz CT molecular complexity index is 423. The van der Waals surface area contributed by atoms with Crippen molar-refractivity contribution < 1.29 is 4.39 Å². The van der Waals surface area contributed by atoms with Gasteiger partial charge in [0.05, 0.1) is 18.2 Å². The van der Waals surface area contributed by atoms with Crippen molar-refractivity contribution in [2.45, 2.75) is 6.42 Å². The summed E-state index contributed by atoms with van der Waals surface area (Å²) in [5, 5.41) is 8.53. The van der Waals surface area contributed by atoms with Crippen molar-refractivity contribution in [3.8, 4) is 17.9 Å². The summed E-state index contributed by atoms with van der Waals surface area (Å²) >= 11 is 3.93. The van der Waals surface area contributed by atoms with Gasteiger partial charge in [-0.2, -0.15) is 17.9 Å². The van der Waals surface area contributed by atoms with Crippen molar-refractivity contribution in [2.24, 2.45) is 0 Å². The van der Waals surface area contributed by atoms with E-state index >= 15 is 0 Å². The molecule has 0 atom stereocenters. The van der Waals surface area contributed by atoms with E-state index in [1.54, 1.807) is 6.07 Å². The molecule has 0 fully saturated rings. The molecule has 0 saturated carbocycles. The predicted octanol–water partition coefficient (Wildman–Crippen LogP) is 2.17. The van der Waals surface area contributed by atoms with E-state index in [2.05, 4.69) is 24.5 Å². The summed E-state index contributed by atoms with van der Waals surface area (Å²) in [4.78, 5) is 0. The lowest BCUT2D eigenvalue weighted by Gasteiger charge is -1.99. The third-order valence-electron chi connectivity index (χ3n) is 1.64. The normalized spacial score (nSPS) is 8.64. The van der Waals surface area contributed by atoms with Crippen LogP contribution in [0.15, 0.2) is 18.2 Å². The molecule has 1 aromatic rings. The molecule has 0 heterocycles. The molecule has 70 valence electrons. The first-order valence-corrected chi connectivity index (χ1v) is 4.66. The van der Waals surface area contributed by atoms with Gasteiger partial charge in [-0.15, -0.1) is 0 Å².